The number of hydrogen-bond acceptors (Lipinski definition) is 6. The van der Waals surface area contributed by atoms with Crippen LogP contribution in [0.2, 0.25) is 0 Å². The fraction of sp³-hybridized carbons (Fsp3) is 0.677. The van der Waals surface area contributed by atoms with Gasteiger partial charge < -0.3 is 14.2 Å². The van der Waals surface area contributed by atoms with Crippen LogP contribution < -0.4 is 0 Å². The van der Waals surface area contributed by atoms with Gasteiger partial charge in [-0.2, -0.15) is 0 Å². The standard InChI is InChI=1S/C65H108O6/c1-4-7-10-13-15-17-19-21-22-23-24-25-26-27-28-29-30-31-32-33-34-35-36-37-38-39-40-41-42-44-45-47-49-52-55-58-64(67)70-61-62(60-69-63(66)57-54-51-12-9-6-3)71-65(68)59-56-53-50-48-46-43-20-18-16-14-11-8-5-2/h7,10-11,14-15,17-18,20-22,24-25,27-28,30-31,33-34,62H,4-6,8-9,12-13,16,19,23,26,29,32,35-61H2,1-3H3/b10-7-,14-11-,17-15-,20-18-,22-21-,25-24-,28-27-,31-30-,34-33-. The van der Waals surface area contributed by atoms with E-state index in [4.69, 9.17) is 14.2 Å². The predicted octanol–water partition coefficient (Wildman–Crippen LogP) is 19.9. The molecule has 404 valence electrons. The number of ether oxygens (including phenoxy) is 3. The summed E-state index contributed by atoms with van der Waals surface area (Å²) in [6.45, 7) is 6.36. The minimum absolute atomic E-state index is 0.0834. The first-order valence-corrected chi connectivity index (χ1v) is 29.4. The number of hydrogen-bond donors (Lipinski definition) is 0. The summed E-state index contributed by atoms with van der Waals surface area (Å²) >= 11 is 0. The molecule has 0 saturated heterocycles. The number of esters is 3. The van der Waals surface area contributed by atoms with E-state index in [1.54, 1.807) is 0 Å². The lowest BCUT2D eigenvalue weighted by atomic mass is 10.0. The SMILES string of the molecule is CC/C=C\C/C=C\C/C=C\C/C=C\C/C=C\C/C=C\C/C=C\CCCCCCCCCCCCCCCC(=O)OCC(COC(=O)CCCCCCC)OC(=O)CCCCCCC/C=C\C/C=C\CCC. The molecule has 6 nitrogen and oxygen atoms in total. The Hall–Kier alpha value is -3.93. The minimum atomic E-state index is -0.780. The fourth-order valence-electron chi connectivity index (χ4n) is 7.87. The van der Waals surface area contributed by atoms with E-state index in [-0.39, 0.29) is 31.1 Å². The molecule has 0 rings (SSSR count). The zero-order valence-corrected chi connectivity index (χ0v) is 46.2. The molecule has 0 saturated carbocycles. The average molecular weight is 986 g/mol. The third-order valence-corrected chi connectivity index (χ3v) is 12.2. The van der Waals surface area contributed by atoms with Gasteiger partial charge >= 0.3 is 17.9 Å². The van der Waals surface area contributed by atoms with E-state index in [2.05, 4.69) is 130 Å². The lowest BCUT2D eigenvalue weighted by Crippen LogP contribution is -2.30. The molecule has 0 bridgehead atoms. The highest BCUT2D eigenvalue weighted by Gasteiger charge is 2.19. The highest BCUT2D eigenvalue weighted by atomic mass is 16.6. The van der Waals surface area contributed by atoms with Gasteiger partial charge in [-0.05, 0) is 103 Å². The molecule has 0 aliphatic heterocycles. The van der Waals surface area contributed by atoms with Gasteiger partial charge in [-0.3, -0.25) is 14.4 Å². The third-order valence-electron chi connectivity index (χ3n) is 12.2. The van der Waals surface area contributed by atoms with Crippen LogP contribution in [-0.4, -0.2) is 37.2 Å². The van der Waals surface area contributed by atoms with Crippen molar-refractivity contribution in [2.45, 2.75) is 271 Å². The van der Waals surface area contributed by atoms with E-state index >= 15 is 0 Å². The molecule has 0 aromatic carbocycles. The summed E-state index contributed by atoms with van der Waals surface area (Å²) in [6.07, 6.45) is 80.0. The van der Waals surface area contributed by atoms with Crippen molar-refractivity contribution in [3.63, 3.8) is 0 Å². The molecule has 6 heteroatoms. The first kappa shape index (κ1) is 67.1. The molecule has 71 heavy (non-hydrogen) atoms. The van der Waals surface area contributed by atoms with E-state index in [1.165, 1.54) is 83.5 Å². The summed E-state index contributed by atoms with van der Waals surface area (Å²) in [4.78, 5) is 37.7. The second-order valence-electron chi connectivity index (χ2n) is 19.2. The Morgan fingerprint density at radius 1 is 0.296 bits per heavy atom. The second-order valence-corrected chi connectivity index (χ2v) is 19.2. The van der Waals surface area contributed by atoms with Crippen molar-refractivity contribution in [3.8, 4) is 0 Å². The van der Waals surface area contributed by atoms with Gasteiger partial charge in [0.2, 0.25) is 0 Å². The molecule has 0 heterocycles. The van der Waals surface area contributed by atoms with Crippen molar-refractivity contribution in [1.29, 1.82) is 0 Å². The number of carbonyl (C=O) groups is 3. The van der Waals surface area contributed by atoms with E-state index in [1.807, 2.05) is 0 Å². The van der Waals surface area contributed by atoms with Gasteiger partial charge in [-0.1, -0.05) is 252 Å². The maximum Gasteiger partial charge on any atom is 0.306 e. The van der Waals surface area contributed by atoms with Gasteiger partial charge in [-0.25, -0.2) is 0 Å². The predicted molar refractivity (Wildman–Crippen MR) is 307 cm³/mol. The van der Waals surface area contributed by atoms with Crippen molar-refractivity contribution in [1.82, 2.24) is 0 Å². The second kappa shape index (κ2) is 58.6. The Kier molecular flexibility index (Phi) is 55.4. The smallest absolute Gasteiger partial charge is 0.306 e. The van der Waals surface area contributed by atoms with Crippen LogP contribution in [0.1, 0.15) is 265 Å². The molecule has 1 unspecified atom stereocenters. The Morgan fingerprint density at radius 2 is 0.577 bits per heavy atom. The van der Waals surface area contributed by atoms with Gasteiger partial charge in [-0.15, -0.1) is 0 Å². The molecule has 0 aliphatic carbocycles. The monoisotopic (exact) mass is 985 g/mol. The van der Waals surface area contributed by atoms with Crippen molar-refractivity contribution < 1.29 is 28.6 Å². The van der Waals surface area contributed by atoms with E-state index in [9.17, 15) is 14.4 Å². The summed E-state index contributed by atoms with van der Waals surface area (Å²) in [5.41, 5.74) is 0. The van der Waals surface area contributed by atoms with Crippen LogP contribution in [0, 0.1) is 0 Å². The maximum absolute atomic E-state index is 12.7. The number of unbranched alkanes of at least 4 members (excludes halogenated alkanes) is 23. The van der Waals surface area contributed by atoms with E-state index in [0.717, 1.165) is 141 Å². The minimum Gasteiger partial charge on any atom is -0.462 e. The lowest BCUT2D eigenvalue weighted by Gasteiger charge is -2.18. The third kappa shape index (κ3) is 56.9. The number of rotatable bonds is 52. The zero-order valence-electron chi connectivity index (χ0n) is 46.2. The van der Waals surface area contributed by atoms with Crippen LogP contribution in [0.4, 0.5) is 0 Å². The van der Waals surface area contributed by atoms with E-state index in [0.29, 0.717) is 19.3 Å². The molecule has 1 atom stereocenters. The molecule has 0 radical (unpaired) electrons. The first-order chi connectivity index (χ1) is 35.0. The van der Waals surface area contributed by atoms with Gasteiger partial charge in [0.1, 0.15) is 13.2 Å². The maximum atomic E-state index is 12.7. The van der Waals surface area contributed by atoms with Gasteiger partial charge in [0.05, 0.1) is 0 Å². The molecule has 0 spiro atoms. The van der Waals surface area contributed by atoms with Crippen LogP contribution in [0.25, 0.3) is 0 Å². The summed E-state index contributed by atoms with van der Waals surface area (Å²) < 4.78 is 16.7. The Morgan fingerprint density at radius 3 is 0.915 bits per heavy atom. The summed E-state index contributed by atoms with van der Waals surface area (Å²) in [5, 5.41) is 0. The Labute approximate surface area is 438 Å². The van der Waals surface area contributed by atoms with Gasteiger partial charge in [0, 0.05) is 19.3 Å². The molecule has 0 aromatic heterocycles. The molecule has 0 fully saturated rings. The molecular formula is C65H108O6. The van der Waals surface area contributed by atoms with Gasteiger partial charge in [0.15, 0.2) is 6.10 Å². The van der Waals surface area contributed by atoms with Gasteiger partial charge in [0.25, 0.3) is 0 Å². The number of allylic oxidation sites excluding steroid dienone is 18. The zero-order chi connectivity index (χ0) is 51.4. The summed E-state index contributed by atoms with van der Waals surface area (Å²) in [7, 11) is 0. The van der Waals surface area contributed by atoms with Crippen LogP contribution >= 0.6 is 0 Å². The largest absolute Gasteiger partial charge is 0.462 e. The molecule has 0 amide bonds. The van der Waals surface area contributed by atoms with Crippen LogP contribution in [-0.2, 0) is 28.6 Å². The van der Waals surface area contributed by atoms with Crippen molar-refractivity contribution in [2.75, 3.05) is 13.2 Å². The highest BCUT2D eigenvalue weighted by Crippen LogP contribution is 2.15. The molecular weight excluding hydrogens is 877 g/mol. The number of carbonyl (C=O) groups excluding carboxylic acids is 3. The molecule has 0 aromatic rings. The molecule has 0 N–H and O–H groups in total. The normalized spacial score (nSPS) is 12.9. The molecule has 0 aliphatic rings. The van der Waals surface area contributed by atoms with Crippen molar-refractivity contribution in [2.24, 2.45) is 0 Å². The van der Waals surface area contributed by atoms with Crippen molar-refractivity contribution >= 4 is 17.9 Å². The quantitative estimate of drug-likeness (QED) is 0.0261. The Bertz CT molecular complexity index is 1460. The van der Waals surface area contributed by atoms with Crippen LogP contribution in [0.5, 0.6) is 0 Å². The van der Waals surface area contributed by atoms with Crippen molar-refractivity contribution in [3.05, 3.63) is 109 Å². The summed E-state index contributed by atoms with van der Waals surface area (Å²) in [5.74, 6) is -0.913. The highest BCUT2D eigenvalue weighted by molar-refractivity contribution is 5.71. The van der Waals surface area contributed by atoms with Crippen LogP contribution in [0.15, 0.2) is 109 Å². The average Bonchev–Trinajstić information content (AvgIpc) is 3.37. The Balaban J connectivity index is 3.97. The fourth-order valence-corrected chi connectivity index (χ4v) is 7.87. The lowest BCUT2D eigenvalue weighted by molar-refractivity contribution is -0.167. The van der Waals surface area contributed by atoms with Crippen LogP contribution in [0.3, 0.4) is 0 Å². The summed E-state index contributed by atoms with van der Waals surface area (Å²) in [6, 6.07) is 0. The topological polar surface area (TPSA) is 78.9 Å². The first-order valence-electron chi connectivity index (χ1n) is 29.4. The van der Waals surface area contributed by atoms with E-state index < -0.39 is 6.10 Å².